The van der Waals surface area contributed by atoms with Crippen molar-refractivity contribution in [1.82, 2.24) is 0 Å². The van der Waals surface area contributed by atoms with Crippen molar-refractivity contribution in [3.05, 3.63) is 27.8 Å². The number of nitrogens with zero attached hydrogens (tertiary/aromatic N) is 1. The SMILES string of the molecule is COC(=O)c1ccc(N)c([N+](=O)[O-])c1OC. The molecule has 0 aliphatic heterocycles. The minimum Gasteiger partial charge on any atom is -0.489 e. The van der Waals surface area contributed by atoms with Gasteiger partial charge in [-0.05, 0) is 12.1 Å². The Morgan fingerprint density at radius 2 is 2.06 bits per heavy atom. The number of hydrogen-bond donors (Lipinski definition) is 1. The van der Waals surface area contributed by atoms with Crippen LogP contribution in [-0.2, 0) is 4.74 Å². The summed E-state index contributed by atoms with van der Waals surface area (Å²) in [6.45, 7) is 0. The van der Waals surface area contributed by atoms with Crippen LogP contribution in [0.25, 0.3) is 0 Å². The molecule has 0 unspecified atom stereocenters. The first-order valence-corrected chi connectivity index (χ1v) is 4.22. The number of nitrogens with two attached hydrogens (primary N) is 1. The van der Waals surface area contributed by atoms with Crippen LogP contribution in [0, 0.1) is 10.1 Å². The van der Waals surface area contributed by atoms with E-state index >= 15 is 0 Å². The van der Waals surface area contributed by atoms with E-state index in [4.69, 9.17) is 10.5 Å². The summed E-state index contributed by atoms with van der Waals surface area (Å²) in [5, 5.41) is 10.8. The van der Waals surface area contributed by atoms with E-state index in [1.54, 1.807) is 0 Å². The van der Waals surface area contributed by atoms with Gasteiger partial charge in [0.25, 0.3) is 0 Å². The molecule has 0 aliphatic carbocycles. The van der Waals surface area contributed by atoms with Gasteiger partial charge >= 0.3 is 11.7 Å². The summed E-state index contributed by atoms with van der Waals surface area (Å²) in [6, 6.07) is 2.57. The van der Waals surface area contributed by atoms with Gasteiger partial charge in [-0.25, -0.2) is 4.79 Å². The van der Waals surface area contributed by atoms with Crippen molar-refractivity contribution >= 4 is 17.3 Å². The minimum absolute atomic E-state index is 0.0362. The lowest BCUT2D eigenvalue weighted by Gasteiger charge is -2.08. The fourth-order valence-electron chi connectivity index (χ4n) is 1.25. The molecule has 1 rings (SSSR count). The second kappa shape index (κ2) is 4.47. The molecule has 0 aliphatic rings. The van der Waals surface area contributed by atoms with E-state index in [1.165, 1.54) is 26.4 Å². The molecule has 1 aromatic rings. The van der Waals surface area contributed by atoms with Crippen LogP contribution in [-0.4, -0.2) is 25.1 Å². The summed E-state index contributed by atoms with van der Waals surface area (Å²) in [4.78, 5) is 21.4. The van der Waals surface area contributed by atoms with Gasteiger partial charge < -0.3 is 15.2 Å². The largest absolute Gasteiger partial charge is 0.489 e. The highest BCUT2D eigenvalue weighted by Gasteiger charge is 2.26. The van der Waals surface area contributed by atoms with Gasteiger partial charge in [-0.2, -0.15) is 0 Å². The Morgan fingerprint density at radius 1 is 1.44 bits per heavy atom. The van der Waals surface area contributed by atoms with Crippen molar-refractivity contribution in [2.45, 2.75) is 0 Å². The maximum atomic E-state index is 11.3. The first-order valence-electron chi connectivity index (χ1n) is 4.22. The van der Waals surface area contributed by atoms with Crippen LogP contribution in [0.2, 0.25) is 0 Å². The lowest BCUT2D eigenvalue weighted by Crippen LogP contribution is -2.07. The lowest BCUT2D eigenvalue weighted by atomic mass is 10.1. The van der Waals surface area contributed by atoms with Gasteiger partial charge in [0.2, 0.25) is 5.75 Å². The molecular weight excluding hydrogens is 216 g/mol. The summed E-state index contributed by atoms with van der Waals surface area (Å²) in [7, 11) is 2.39. The Kier molecular flexibility index (Phi) is 3.29. The first kappa shape index (κ1) is 11.8. The van der Waals surface area contributed by atoms with Gasteiger partial charge in [-0.1, -0.05) is 0 Å². The highest BCUT2D eigenvalue weighted by molar-refractivity contribution is 5.95. The molecule has 0 aromatic heterocycles. The van der Waals surface area contributed by atoms with E-state index in [-0.39, 0.29) is 17.0 Å². The summed E-state index contributed by atoms with van der Waals surface area (Å²) < 4.78 is 9.29. The third-order valence-electron chi connectivity index (χ3n) is 1.95. The van der Waals surface area contributed by atoms with E-state index in [0.717, 1.165) is 0 Å². The normalized spacial score (nSPS) is 9.62. The van der Waals surface area contributed by atoms with Crippen molar-refractivity contribution in [1.29, 1.82) is 0 Å². The van der Waals surface area contributed by atoms with Crippen molar-refractivity contribution in [2.24, 2.45) is 0 Å². The molecule has 1 aromatic carbocycles. The molecule has 7 nitrogen and oxygen atoms in total. The zero-order valence-corrected chi connectivity index (χ0v) is 8.72. The van der Waals surface area contributed by atoms with E-state index in [0.29, 0.717) is 0 Å². The van der Waals surface area contributed by atoms with Gasteiger partial charge in [-0.3, -0.25) is 10.1 Å². The molecule has 7 heteroatoms. The minimum atomic E-state index is -0.722. The fraction of sp³-hybridized carbons (Fsp3) is 0.222. The average molecular weight is 226 g/mol. The fourth-order valence-corrected chi connectivity index (χ4v) is 1.25. The summed E-state index contributed by atoms with van der Waals surface area (Å²) in [6.07, 6.45) is 0. The highest BCUT2D eigenvalue weighted by atomic mass is 16.6. The Hall–Kier alpha value is -2.31. The van der Waals surface area contributed by atoms with E-state index in [1.807, 2.05) is 0 Å². The van der Waals surface area contributed by atoms with E-state index < -0.39 is 16.6 Å². The number of benzene rings is 1. The van der Waals surface area contributed by atoms with Crippen LogP contribution < -0.4 is 10.5 Å². The standard InChI is InChI=1S/C9H10N2O5/c1-15-8-5(9(12)16-2)3-4-6(10)7(8)11(13)14/h3-4H,10H2,1-2H3. The molecule has 2 N–H and O–H groups in total. The van der Waals surface area contributed by atoms with Crippen LogP contribution in [0.5, 0.6) is 5.75 Å². The van der Waals surface area contributed by atoms with E-state index in [2.05, 4.69) is 4.74 Å². The third-order valence-corrected chi connectivity index (χ3v) is 1.95. The number of ether oxygens (including phenoxy) is 2. The average Bonchev–Trinajstić information content (AvgIpc) is 2.26. The molecule has 0 amide bonds. The van der Waals surface area contributed by atoms with Crippen LogP contribution in [0.3, 0.4) is 0 Å². The Labute approximate surface area is 90.9 Å². The predicted molar refractivity (Wildman–Crippen MR) is 55.4 cm³/mol. The van der Waals surface area contributed by atoms with Gasteiger partial charge in [0.05, 0.1) is 19.1 Å². The van der Waals surface area contributed by atoms with Gasteiger partial charge in [-0.15, -0.1) is 0 Å². The Morgan fingerprint density at radius 3 is 2.50 bits per heavy atom. The molecule has 0 atom stereocenters. The smallest absolute Gasteiger partial charge is 0.341 e. The number of anilines is 1. The topological polar surface area (TPSA) is 105 Å². The number of carbonyl (C=O) groups is 1. The maximum absolute atomic E-state index is 11.3. The Balaban J connectivity index is 3.48. The molecule has 0 heterocycles. The summed E-state index contributed by atoms with van der Waals surface area (Å²) in [5.74, 6) is -0.920. The quantitative estimate of drug-likeness (QED) is 0.356. The molecule has 86 valence electrons. The molecule has 0 saturated carbocycles. The summed E-state index contributed by atoms with van der Waals surface area (Å²) in [5.41, 5.74) is 4.88. The van der Waals surface area contributed by atoms with E-state index in [9.17, 15) is 14.9 Å². The van der Waals surface area contributed by atoms with Gasteiger partial charge in [0.15, 0.2) is 0 Å². The van der Waals surface area contributed by atoms with Crippen molar-refractivity contribution in [3.8, 4) is 5.75 Å². The number of carbonyl (C=O) groups excluding carboxylic acids is 1. The van der Waals surface area contributed by atoms with Crippen molar-refractivity contribution < 1.29 is 19.2 Å². The van der Waals surface area contributed by atoms with Crippen LogP contribution in [0.1, 0.15) is 10.4 Å². The van der Waals surface area contributed by atoms with Gasteiger partial charge in [0, 0.05) is 0 Å². The number of methoxy groups -OCH3 is 2. The van der Waals surface area contributed by atoms with Crippen molar-refractivity contribution in [3.63, 3.8) is 0 Å². The molecular formula is C9H10N2O5. The highest BCUT2D eigenvalue weighted by Crippen LogP contribution is 2.36. The molecule has 16 heavy (non-hydrogen) atoms. The molecule has 0 radical (unpaired) electrons. The molecule has 0 spiro atoms. The zero-order valence-electron chi connectivity index (χ0n) is 8.72. The molecule has 0 bridgehead atoms. The zero-order chi connectivity index (χ0) is 12.3. The Bertz CT molecular complexity index is 444. The number of hydrogen-bond acceptors (Lipinski definition) is 6. The monoisotopic (exact) mass is 226 g/mol. The first-order chi connectivity index (χ1) is 7.52. The van der Waals surface area contributed by atoms with Crippen LogP contribution >= 0.6 is 0 Å². The number of nitrogen functional groups attached to an aromatic ring is 1. The number of nitro benzene ring substituents is 1. The van der Waals surface area contributed by atoms with Crippen molar-refractivity contribution in [2.75, 3.05) is 20.0 Å². The van der Waals surface area contributed by atoms with Gasteiger partial charge in [0.1, 0.15) is 11.3 Å². The summed E-state index contributed by atoms with van der Waals surface area (Å²) >= 11 is 0. The second-order valence-corrected chi connectivity index (χ2v) is 2.83. The molecule has 0 fully saturated rings. The number of esters is 1. The third kappa shape index (κ3) is 1.88. The number of rotatable bonds is 3. The predicted octanol–water partition coefficient (Wildman–Crippen LogP) is 0.972. The molecule has 0 saturated heterocycles. The maximum Gasteiger partial charge on any atom is 0.341 e. The lowest BCUT2D eigenvalue weighted by molar-refractivity contribution is -0.384. The second-order valence-electron chi connectivity index (χ2n) is 2.83. The van der Waals surface area contributed by atoms with Crippen LogP contribution in [0.15, 0.2) is 12.1 Å². The van der Waals surface area contributed by atoms with Crippen LogP contribution in [0.4, 0.5) is 11.4 Å². The number of nitro groups is 1.